The molecule has 1 aliphatic carbocycles. The van der Waals surface area contributed by atoms with Crippen LogP contribution in [-0.4, -0.2) is 37.3 Å². The first-order valence-corrected chi connectivity index (χ1v) is 8.79. The van der Waals surface area contributed by atoms with Crippen LogP contribution in [0.25, 0.3) is 0 Å². The van der Waals surface area contributed by atoms with Crippen molar-refractivity contribution in [3.05, 3.63) is 29.7 Å². The Balaban J connectivity index is 1.45. The SMILES string of the molecule is CC(C)n1ccc(CC(=O)N2CCC[C@H]2c2noc(C3CC3)n2)n1. The van der Waals surface area contributed by atoms with Gasteiger partial charge in [0.15, 0.2) is 5.82 Å². The van der Waals surface area contributed by atoms with Gasteiger partial charge in [0.25, 0.3) is 0 Å². The van der Waals surface area contributed by atoms with Crippen molar-refractivity contribution < 1.29 is 9.32 Å². The van der Waals surface area contributed by atoms with Gasteiger partial charge in [-0.1, -0.05) is 5.16 Å². The smallest absolute Gasteiger partial charge is 0.229 e. The van der Waals surface area contributed by atoms with Crippen molar-refractivity contribution >= 4 is 5.91 Å². The molecule has 2 aromatic rings. The van der Waals surface area contributed by atoms with Gasteiger partial charge in [0.05, 0.1) is 18.2 Å². The van der Waals surface area contributed by atoms with Crippen molar-refractivity contribution in [2.75, 3.05) is 6.54 Å². The van der Waals surface area contributed by atoms with Gasteiger partial charge >= 0.3 is 0 Å². The Bertz CT molecular complexity index is 731. The Hall–Kier alpha value is -2.18. The number of hydrogen-bond donors (Lipinski definition) is 0. The molecule has 1 saturated carbocycles. The van der Waals surface area contributed by atoms with E-state index < -0.39 is 0 Å². The van der Waals surface area contributed by atoms with Gasteiger partial charge in [0.2, 0.25) is 11.8 Å². The van der Waals surface area contributed by atoms with Crippen LogP contribution in [0.15, 0.2) is 16.8 Å². The lowest BCUT2D eigenvalue weighted by molar-refractivity contribution is -0.131. The van der Waals surface area contributed by atoms with E-state index in [9.17, 15) is 4.79 Å². The van der Waals surface area contributed by atoms with Crippen LogP contribution < -0.4 is 0 Å². The maximum absolute atomic E-state index is 12.7. The van der Waals surface area contributed by atoms with Crippen LogP contribution in [0.5, 0.6) is 0 Å². The topological polar surface area (TPSA) is 77.0 Å². The molecule has 2 fully saturated rings. The highest BCUT2D eigenvalue weighted by atomic mass is 16.5. The van der Waals surface area contributed by atoms with E-state index in [2.05, 4.69) is 29.1 Å². The first-order chi connectivity index (χ1) is 11.6. The van der Waals surface area contributed by atoms with E-state index in [0.29, 0.717) is 24.2 Å². The number of hydrogen-bond acceptors (Lipinski definition) is 5. The second kappa shape index (κ2) is 6.03. The molecule has 2 aromatic heterocycles. The maximum atomic E-state index is 12.7. The normalized spacial score (nSPS) is 21.0. The fourth-order valence-corrected chi connectivity index (χ4v) is 3.23. The summed E-state index contributed by atoms with van der Waals surface area (Å²) >= 11 is 0. The van der Waals surface area contributed by atoms with Gasteiger partial charge in [-0.15, -0.1) is 0 Å². The Labute approximate surface area is 141 Å². The molecule has 128 valence electrons. The van der Waals surface area contributed by atoms with Crippen molar-refractivity contribution in [1.82, 2.24) is 24.8 Å². The molecule has 4 rings (SSSR count). The van der Waals surface area contributed by atoms with Crippen molar-refractivity contribution in [2.24, 2.45) is 0 Å². The Morgan fingerprint density at radius 3 is 2.92 bits per heavy atom. The van der Waals surface area contributed by atoms with E-state index >= 15 is 0 Å². The minimum Gasteiger partial charge on any atom is -0.339 e. The van der Waals surface area contributed by atoms with Crippen LogP contribution >= 0.6 is 0 Å². The summed E-state index contributed by atoms with van der Waals surface area (Å²) in [6, 6.07) is 2.16. The molecule has 7 nitrogen and oxygen atoms in total. The molecule has 1 amide bonds. The molecule has 0 spiro atoms. The molecular weight excluding hydrogens is 306 g/mol. The van der Waals surface area contributed by atoms with Crippen LogP contribution in [-0.2, 0) is 11.2 Å². The van der Waals surface area contributed by atoms with E-state index in [0.717, 1.165) is 43.8 Å². The van der Waals surface area contributed by atoms with Crippen LogP contribution in [0.1, 0.15) is 74.9 Å². The molecule has 3 heterocycles. The molecule has 0 unspecified atom stereocenters. The first kappa shape index (κ1) is 15.4. The quantitative estimate of drug-likeness (QED) is 0.843. The number of carbonyl (C=O) groups is 1. The lowest BCUT2D eigenvalue weighted by atomic mass is 10.2. The number of rotatable bonds is 5. The fraction of sp³-hybridized carbons (Fsp3) is 0.647. The minimum atomic E-state index is -0.0547. The van der Waals surface area contributed by atoms with Crippen LogP contribution in [0, 0.1) is 0 Å². The third-order valence-corrected chi connectivity index (χ3v) is 4.78. The van der Waals surface area contributed by atoms with Gasteiger partial charge in [-0.3, -0.25) is 9.48 Å². The first-order valence-electron chi connectivity index (χ1n) is 8.79. The summed E-state index contributed by atoms with van der Waals surface area (Å²) in [6.45, 7) is 4.90. The Kier molecular flexibility index (Phi) is 3.86. The minimum absolute atomic E-state index is 0.0547. The van der Waals surface area contributed by atoms with Crippen molar-refractivity contribution in [1.29, 1.82) is 0 Å². The summed E-state index contributed by atoms with van der Waals surface area (Å²) < 4.78 is 7.24. The lowest BCUT2D eigenvalue weighted by Crippen LogP contribution is -2.32. The number of aromatic nitrogens is 4. The molecule has 0 aromatic carbocycles. The summed E-state index contributed by atoms with van der Waals surface area (Å²) in [5.41, 5.74) is 0.811. The molecule has 1 atom stereocenters. The number of amides is 1. The summed E-state index contributed by atoms with van der Waals surface area (Å²) in [6.07, 6.45) is 6.39. The van der Waals surface area contributed by atoms with Crippen LogP contribution in [0.3, 0.4) is 0 Å². The number of carbonyl (C=O) groups excluding carboxylic acids is 1. The van der Waals surface area contributed by atoms with E-state index in [-0.39, 0.29) is 11.9 Å². The molecule has 0 N–H and O–H groups in total. The molecule has 1 saturated heterocycles. The average molecular weight is 329 g/mol. The third kappa shape index (κ3) is 2.95. The standard InChI is InChI=1S/C17H23N5O2/c1-11(2)22-9-7-13(19-22)10-15(23)21-8-3-4-14(21)16-18-17(24-20-16)12-5-6-12/h7,9,11-12,14H,3-6,8,10H2,1-2H3/t14-/m0/s1. The molecule has 2 aliphatic rings. The molecule has 0 bridgehead atoms. The van der Waals surface area contributed by atoms with E-state index in [1.54, 1.807) is 0 Å². The van der Waals surface area contributed by atoms with E-state index in [1.165, 1.54) is 0 Å². The summed E-state index contributed by atoms with van der Waals surface area (Å²) in [5, 5.41) is 8.60. The second-order valence-electron chi connectivity index (χ2n) is 7.07. The van der Waals surface area contributed by atoms with Crippen LogP contribution in [0.2, 0.25) is 0 Å². The molecule has 0 radical (unpaired) electrons. The molecule has 24 heavy (non-hydrogen) atoms. The van der Waals surface area contributed by atoms with Crippen molar-refractivity contribution in [3.8, 4) is 0 Å². The highest BCUT2D eigenvalue weighted by molar-refractivity contribution is 5.79. The van der Waals surface area contributed by atoms with Crippen molar-refractivity contribution in [3.63, 3.8) is 0 Å². The van der Waals surface area contributed by atoms with Gasteiger partial charge in [0, 0.05) is 24.7 Å². The monoisotopic (exact) mass is 329 g/mol. The summed E-state index contributed by atoms with van der Waals surface area (Å²) in [7, 11) is 0. The van der Waals surface area contributed by atoms with Gasteiger partial charge in [-0.25, -0.2) is 0 Å². The van der Waals surface area contributed by atoms with E-state index in [1.807, 2.05) is 21.8 Å². The summed E-state index contributed by atoms with van der Waals surface area (Å²) in [5.74, 6) is 1.93. The Morgan fingerprint density at radius 2 is 2.21 bits per heavy atom. The highest BCUT2D eigenvalue weighted by Crippen LogP contribution is 2.40. The number of nitrogens with zero attached hydrogens (tertiary/aromatic N) is 5. The average Bonchev–Trinajstić information content (AvgIpc) is 2.98. The van der Waals surface area contributed by atoms with Gasteiger partial charge in [0.1, 0.15) is 0 Å². The lowest BCUT2D eigenvalue weighted by Gasteiger charge is -2.21. The highest BCUT2D eigenvalue weighted by Gasteiger charge is 2.36. The maximum Gasteiger partial charge on any atom is 0.229 e. The zero-order valence-electron chi connectivity index (χ0n) is 14.2. The predicted molar refractivity (Wildman–Crippen MR) is 86.3 cm³/mol. The zero-order chi connectivity index (χ0) is 16.7. The third-order valence-electron chi connectivity index (χ3n) is 4.78. The molecule has 7 heteroatoms. The molecular formula is C17H23N5O2. The second-order valence-corrected chi connectivity index (χ2v) is 7.07. The summed E-state index contributed by atoms with van der Waals surface area (Å²) in [4.78, 5) is 19.1. The van der Waals surface area contributed by atoms with Gasteiger partial charge in [-0.2, -0.15) is 10.1 Å². The fourth-order valence-electron chi connectivity index (χ4n) is 3.23. The van der Waals surface area contributed by atoms with Crippen molar-refractivity contribution in [2.45, 2.75) is 64.0 Å². The molecule has 1 aliphatic heterocycles. The number of likely N-dealkylation sites (tertiary alicyclic amines) is 1. The Morgan fingerprint density at radius 1 is 1.38 bits per heavy atom. The zero-order valence-corrected chi connectivity index (χ0v) is 14.2. The predicted octanol–water partition coefficient (Wildman–Crippen LogP) is 2.63. The van der Waals surface area contributed by atoms with Gasteiger partial charge in [-0.05, 0) is 45.6 Å². The van der Waals surface area contributed by atoms with Crippen LogP contribution in [0.4, 0.5) is 0 Å². The largest absolute Gasteiger partial charge is 0.339 e. The van der Waals surface area contributed by atoms with Gasteiger partial charge < -0.3 is 9.42 Å². The van der Waals surface area contributed by atoms with E-state index in [4.69, 9.17) is 4.52 Å².